The molecule has 0 fully saturated rings. The lowest BCUT2D eigenvalue weighted by Crippen LogP contribution is -3.00. The van der Waals surface area contributed by atoms with E-state index < -0.39 is 0 Å². The number of hydrogen-bond donors (Lipinski definition) is 1. The molecule has 2 aromatic heterocycles. The molecule has 144 valence electrons. The molecule has 0 aliphatic heterocycles. The van der Waals surface area contributed by atoms with Crippen LogP contribution in [-0.2, 0) is 6.42 Å². The van der Waals surface area contributed by atoms with Crippen LogP contribution in [-0.4, -0.2) is 33.2 Å². The molecule has 7 heteroatoms. The Morgan fingerprint density at radius 3 is 2.43 bits per heavy atom. The highest BCUT2D eigenvalue weighted by Gasteiger charge is 2.15. The monoisotopic (exact) mass is 505 g/mol. The maximum absolute atomic E-state index is 6.04. The van der Waals surface area contributed by atoms with Gasteiger partial charge in [-0.05, 0) is 29.8 Å². The topological polar surface area (TPSA) is 59.7 Å². The Balaban J connectivity index is 0.00000225. The van der Waals surface area contributed by atoms with E-state index >= 15 is 0 Å². The summed E-state index contributed by atoms with van der Waals surface area (Å²) in [6, 6.07) is 17.9. The molecule has 0 aliphatic carbocycles. The van der Waals surface area contributed by atoms with Crippen LogP contribution in [0.2, 0.25) is 5.02 Å². The number of fused-ring (bicyclic) bond motifs is 1. The summed E-state index contributed by atoms with van der Waals surface area (Å²) < 4.78 is 1.87. The molecule has 2 heterocycles. The Hall–Kier alpha value is -2.03. The van der Waals surface area contributed by atoms with Gasteiger partial charge in [-0.2, -0.15) is 5.10 Å². The standard InChI is InChI=1S/C21H20ClN5.HI/c1-23-13-5-8-19-25-20(16-9-11-17(22)12-10-16)26-21-18(14-24-27(19)21)15-6-3-2-4-7-15;/h2-4,6-7,9-12,14,23H,5,8,13H2,1H3;1H. The summed E-state index contributed by atoms with van der Waals surface area (Å²) in [4.78, 5) is 9.65. The van der Waals surface area contributed by atoms with Gasteiger partial charge in [0.25, 0.3) is 0 Å². The molecule has 0 bridgehead atoms. The number of hydrogen-bond acceptors (Lipinski definition) is 3. The zero-order chi connectivity index (χ0) is 18.6. The number of aromatic nitrogens is 4. The summed E-state index contributed by atoms with van der Waals surface area (Å²) in [5, 5.41) is 7.46. The SMILES string of the molecule is C[NH2+]CCCc1nc(-c2ccc(Cl)cc2)nc2c(-c3ccccc3)cnn12.[I-]. The van der Waals surface area contributed by atoms with Crippen molar-refractivity contribution in [2.75, 3.05) is 13.6 Å². The summed E-state index contributed by atoms with van der Waals surface area (Å²) in [6.45, 7) is 1.05. The first-order valence-electron chi connectivity index (χ1n) is 9.10. The minimum atomic E-state index is 0. The van der Waals surface area contributed by atoms with Gasteiger partial charge < -0.3 is 29.3 Å². The van der Waals surface area contributed by atoms with Crippen LogP contribution in [0, 0.1) is 0 Å². The predicted octanol–water partition coefficient (Wildman–Crippen LogP) is 0.242. The lowest BCUT2D eigenvalue weighted by molar-refractivity contribution is -0.627. The average Bonchev–Trinajstić information content (AvgIpc) is 3.13. The van der Waals surface area contributed by atoms with Crippen molar-refractivity contribution >= 4 is 17.2 Å². The van der Waals surface area contributed by atoms with Crippen molar-refractivity contribution in [2.24, 2.45) is 0 Å². The van der Waals surface area contributed by atoms with Crippen LogP contribution in [0.15, 0.2) is 60.8 Å². The van der Waals surface area contributed by atoms with Gasteiger partial charge in [-0.3, -0.25) is 0 Å². The first kappa shape index (κ1) is 20.7. The van der Waals surface area contributed by atoms with Crippen molar-refractivity contribution in [2.45, 2.75) is 12.8 Å². The molecular formula is C21H21ClIN5. The summed E-state index contributed by atoms with van der Waals surface area (Å²) in [6.07, 6.45) is 3.75. The Kier molecular flexibility index (Phi) is 6.98. The van der Waals surface area contributed by atoms with Gasteiger partial charge >= 0.3 is 0 Å². The smallest absolute Gasteiger partial charge is 0.167 e. The molecule has 2 aromatic carbocycles. The highest BCUT2D eigenvalue weighted by atomic mass is 127. The molecule has 28 heavy (non-hydrogen) atoms. The number of halogens is 2. The fourth-order valence-electron chi connectivity index (χ4n) is 3.11. The molecule has 0 spiro atoms. The minimum Gasteiger partial charge on any atom is -1.00 e. The van der Waals surface area contributed by atoms with E-state index in [1.807, 2.05) is 53.2 Å². The summed E-state index contributed by atoms with van der Waals surface area (Å²) in [5.41, 5.74) is 3.89. The molecule has 0 unspecified atom stereocenters. The third-order valence-electron chi connectivity index (χ3n) is 4.52. The maximum atomic E-state index is 6.04. The number of quaternary nitrogens is 1. The maximum Gasteiger partial charge on any atom is 0.167 e. The van der Waals surface area contributed by atoms with Crippen molar-refractivity contribution in [1.29, 1.82) is 0 Å². The number of nitrogens with zero attached hydrogens (tertiary/aromatic N) is 4. The van der Waals surface area contributed by atoms with Crippen molar-refractivity contribution in [3.63, 3.8) is 0 Å². The van der Waals surface area contributed by atoms with E-state index in [9.17, 15) is 0 Å². The largest absolute Gasteiger partial charge is 1.00 e. The normalized spacial score (nSPS) is 10.8. The van der Waals surface area contributed by atoms with E-state index in [0.717, 1.165) is 47.5 Å². The van der Waals surface area contributed by atoms with E-state index in [1.165, 1.54) is 0 Å². The van der Waals surface area contributed by atoms with Crippen LogP contribution < -0.4 is 29.3 Å². The average molecular weight is 506 g/mol. The molecular weight excluding hydrogens is 485 g/mol. The van der Waals surface area contributed by atoms with Gasteiger partial charge in [-0.15, -0.1) is 0 Å². The lowest BCUT2D eigenvalue weighted by atomic mass is 10.1. The molecule has 0 atom stereocenters. The van der Waals surface area contributed by atoms with Crippen molar-refractivity contribution in [3.8, 4) is 22.5 Å². The van der Waals surface area contributed by atoms with E-state index in [4.69, 9.17) is 21.6 Å². The Morgan fingerprint density at radius 1 is 0.964 bits per heavy atom. The van der Waals surface area contributed by atoms with E-state index in [1.54, 1.807) is 0 Å². The highest BCUT2D eigenvalue weighted by Crippen LogP contribution is 2.26. The van der Waals surface area contributed by atoms with Crippen LogP contribution in [0.25, 0.3) is 28.2 Å². The lowest BCUT2D eigenvalue weighted by Gasteiger charge is -2.08. The highest BCUT2D eigenvalue weighted by molar-refractivity contribution is 6.30. The summed E-state index contributed by atoms with van der Waals surface area (Å²) >= 11 is 6.04. The molecule has 4 rings (SSSR count). The molecule has 4 aromatic rings. The quantitative estimate of drug-likeness (QED) is 0.302. The van der Waals surface area contributed by atoms with Gasteiger partial charge in [0.05, 0.1) is 19.8 Å². The fraction of sp³-hybridized carbons (Fsp3) is 0.190. The van der Waals surface area contributed by atoms with Crippen molar-refractivity contribution < 1.29 is 29.3 Å². The Morgan fingerprint density at radius 2 is 1.71 bits per heavy atom. The predicted molar refractivity (Wildman–Crippen MR) is 108 cm³/mol. The van der Waals surface area contributed by atoms with Gasteiger partial charge in [0.2, 0.25) is 0 Å². The van der Waals surface area contributed by atoms with Gasteiger partial charge in [0, 0.05) is 29.0 Å². The first-order chi connectivity index (χ1) is 13.3. The third-order valence-corrected chi connectivity index (χ3v) is 4.77. The van der Waals surface area contributed by atoms with E-state index in [0.29, 0.717) is 10.8 Å². The second-order valence-electron chi connectivity index (χ2n) is 6.43. The van der Waals surface area contributed by atoms with Gasteiger partial charge in [-0.25, -0.2) is 14.5 Å². The van der Waals surface area contributed by atoms with Crippen LogP contribution in [0.1, 0.15) is 12.2 Å². The number of benzene rings is 2. The van der Waals surface area contributed by atoms with E-state index in [2.05, 4.69) is 29.6 Å². The first-order valence-corrected chi connectivity index (χ1v) is 9.48. The van der Waals surface area contributed by atoms with Gasteiger partial charge in [0.1, 0.15) is 5.82 Å². The number of rotatable bonds is 6. The molecule has 0 radical (unpaired) electrons. The molecule has 0 amide bonds. The molecule has 0 aliphatic rings. The zero-order valence-corrected chi connectivity index (χ0v) is 18.4. The van der Waals surface area contributed by atoms with Crippen LogP contribution in [0.4, 0.5) is 0 Å². The summed E-state index contributed by atoms with van der Waals surface area (Å²) in [5.74, 6) is 1.63. The molecule has 5 nitrogen and oxygen atoms in total. The van der Waals surface area contributed by atoms with E-state index in [-0.39, 0.29) is 24.0 Å². The number of aryl methyl sites for hydroxylation is 1. The zero-order valence-electron chi connectivity index (χ0n) is 15.5. The van der Waals surface area contributed by atoms with Gasteiger partial charge in [0.15, 0.2) is 11.5 Å². The Labute approximate surface area is 186 Å². The summed E-state index contributed by atoms with van der Waals surface area (Å²) in [7, 11) is 2.08. The fourth-order valence-corrected chi connectivity index (χ4v) is 3.23. The van der Waals surface area contributed by atoms with Crippen LogP contribution >= 0.6 is 11.6 Å². The second kappa shape index (κ2) is 9.45. The molecule has 0 saturated heterocycles. The second-order valence-corrected chi connectivity index (χ2v) is 6.87. The van der Waals surface area contributed by atoms with Crippen molar-refractivity contribution in [1.82, 2.24) is 19.6 Å². The van der Waals surface area contributed by atoms with Crippen LogP contribution in [0.3, 0.4) is 0 Å². The van der Waals surface area contributed by atoms with Crippen molar-refractivity contribution in [3.05, 3.63) is 71.6 Å². The number of nitrogens with two attached hydrogens (primary N) is 1. The van der Waals surface area contributed by atoms with Gasteiger partial charge in [-0.1, -0.05) is 41.9 Å². The minimum absolute atomic E-state index is 0. The van der Waals surface area contributed by atoms with Crippen LogP contribution in [0.5, 0.6) is 0 Å². The third kappa shape index (κ3) is 4.34. The Bertz CT molecular complexity index is 1050. The molecule has 0 saturated carbocycles. The molecule has 2 N–H and O–H groups in total.